The Labute approximate surface area is 141 Å². The van der Waals surface area contributed by atoms with Crippen LogP contribution in [0.3, 0.4) is 0 Å². The third-order valence-electron chi connectivity index (χ3n) is 4.60. The molecule has 1 saturated carbocycles. The van der Waals surface area contributed by atoms with E-state index in [1.54, 1.807) is 0 Å². The highest BCUT2D eigenvalue weighted by Gasteiger charge is 2.30. The Bertz CT molecular complexity index is 893. The van der Waals surface area contributed by atoms with Crippen molar-refractivity contribution in [3.05, 3.63) is 59.9 Å². The number of para-hydroxylation sites is 3. The maximum Gasteiger partial charge on any atom is 0.244 e. The summed E-state index contributed by atoms with van der Waals surface area (Å²) in [5.74, 6) is 1.56. The largest absolute Gasteiger partial charge is 0.324 e. The number of rotatable bonds is 5. The maximum atomic E-state index is 12.6. The lowest BCUT2D eigenvalue weighted by Gasteiger charge is -2.12. The van der Waals surface area contributed by atoms with Crippen LogP contribution in [0.1, 0.15) is 37.1 Å². The van der Waals surface area contributed by atoms with Gasteiger partial charge in [-0.15, -0.1) is 0 Å². The number of benzene rings is 2. The number of hydrogen-bond acceptors (Lipinski definition) is 2. The van der Waals surface area contributed by atoms with E-state index in [9.17, 15) is 4.79 Å². The van der Waals surface area contributed by atoms with E-state index in [-0.39, 0.29) is 5.91 Å². The standard InChI is InChI=1S/C20H21N3O/c1-2-14-7-3-4-8-16(14)21-19(24)13-23-18-10-6-5-9-17(18)22-20(23)15-11-12-15/h3-10,15H,2,11-13H2,1H3,(H,21,24). The Kier molecular flexibility index (Phi) is 3.81. The number of carbonyl (C=O) groups excluding carboxylic acids is 1. The van der Waals surface area contributed by atoms with Gasteiger partial charge in [0, 0.05) is 11.6 Å². The normalized spacial score (nSPS) is 14.0. The number of carbonyl (C=O) groups is 1. The van der Waals surface area contributed by atoms with Gasteiger partial charge in [0.1, 0.15) is 12.4 Å². The average molecular weight is 319 g/mol. The van der Waals surface area contributed by atoms with Gasteiger partial charge in [-0.05, 0) is 43.0 Å². The lowest BCUT2D eigenvalue weighted by Crippen LogP contribution is -2.20. The summed E-state index contributed by atoms with van der Waals surface area (Å²) in [5.41, 5.74) is 4.07. The van der Waals surface area contributed by atoms with E-state index in [1.807, 2.05) is 42.5 Å². The zero-order valence-corrected chi connectivity index (χ0v) is 13.8. The highest BCUT2D eigenvalue weighted by Crippen LogP contribution is 2.40. The minimum absolute atomic E-state index is 0.000882. The van der Waals surface area contributed by atoms with E-state index in [4.69, 9.17) is 4.98 Å². The van der Waals surface area contributed by atoms with E-state index in [1.165, 1.54) is 12.8 Å². The van der Waals surface area contributed by atoms with Crippen LogP contribution in [0.5, 0.6) is 0 Å². The second-order valence-electron chi connectivity index (χ2n) is 6.38. The molecule has 1 aliphatic carbocycles. The molecule has 0 spiro atoms. The molecule has 1 aliphatic rings. The molecule has 1 N–H and O–H groups in total. The molecule has 24 heavy (non-hydrogen) atoms. The summed E-state index contributed by atoms with van der Waals surface area (Å²) in [6.07, 6.45) is 3.24. The summed E-state index contributed by atoms with van der Waals surface area (Å²) in [7, 11) is 0. The molecule has 0 bridgehead atoms. The summed E-state index contributed by atoms with van der Waals surface area (Å²) in [6.45, 7) is 2.41. The fourth-order valence-electron chi connectivity index (χ4n) is 3.20. The number of fused-ring (bicyclic) bond motifs is 1. The van der Waals surface area contributed by atoms with Crippen molar-refractivity contribution in [1.29, 1.82) is 0 Å². The second-order valence-corrected chi connectivity index (χ2v) is 6.38. The van der Waals surface area contributed by atoms with Crippen LogP contribution >= 0.6 is 0 Å². The van der Waals surface area contributed by atoms with Crippen molar-refractivity contribution in [3.63, 3.8) is 0 Å². The van der Waals surface area contributed by atoms with E-state index in [2.05, 4.69) is 22.9 Å². The molecule has 1 amide bonds. The first-order valence-corrected chi connectivity index (χ1v) is 8.59. The zero-order chi connectivity index (χ0) is 16.5. The Morgan fingerprint density at radius 2 is 1.92 bits per heavy atom. The van der Waals surface area contributed by atoms with Gasteiger partial charge >= 0.3 is 0 Å². The molecule has 1 aromatic heterocycles. The van der Waals surface area contributed by atoms with Crippen LogP contribution in [0.15, 0.2) is 48.5 Å². The minimum Gasteiger partial charge on any atom is -0.324 e. The summed E-state index contributed by atoms with van der Waals surface area (Å²) in [4.78, 5) is 17.4. The average Bonchev–Trinajstić information content (AvgIpc) is 3.39. The third-order valence-corrected chi connectivity index (χ3v) is 4.60. The van der Waals surface area contributed by atoms with Gasteiger partial charge < -0.3 is 9.88 Å². The van der Waals surface area contributed by atoms with Crippen molar-refractivity contribution < 1.29 is 4.79 Å². The number of anilines is 1. The van der Waals surface area contributed by atoms with E-state index in [0.29, 0.717) is 12.5 Å². The number of aromatic nitrogens is 2. The van der Waals surface area contributed by atoms with Gasteiger partial charge in [0.2, 0.25) is 5.91 Å². The van der Waals surface area contributed by atoms with Crippen molar-refractivity contribution >= 4 is 22.6 Å². The maximum absolute atomic E-state index is 12.6. The van der Waals surface area contributed by atoms with Gasteiger partial charge in [0.15, 0.2) is 0 Å². The molecule has 4 heteroatoms. The molecule has 1 heterocycles. The number of amides is 1. The number of nitrogens with zero attached hydrogens (tertiary/aromatic N) is 2. The molecule has 3 aromatic rings. The van der Waals surface area contributed by atoms with Crippen LogP contribution in [0, 0.1) is 0 Å². The van der Waals surface area contributed by atoms with Gasteiger partial charge in [-0.1, -0.05) is 37.3 Å². The topological polar surface area (TPSA) is 46.9 Å². The summed E-state index contributed by atoms with van der Waals surface area (Å²) >= 11 is 0. The molecule has 4 rings (SSSR count). The monoisotopic (exact) mass is 319 g/mol. The second kappa shape index (κ2) is 6.11. The van der Waals surface area contributed by atoms with Crippen molar-refractivity contribution in [2.45, 2.75) is 38.6 Å². The first kappa shape index (κ1) is 14.9. The number of nitrogens with one attached hydrogen (secondary N) is 1. The van der Waals surface area contributed by atoms with Crippen molar-refractivity contribution in [1.82, 2.24) is 9.55 Å². The Balaban J connectivity index is 1.62. The first-order chi connectivity index (χ1) is 11.8. The van der Waals surface area contributed by atoms with E-state index >= 15 is 0 Å². The molecule has 122 valence electrons. The number of imidazole rings is 1. The van der Waals surface area contributed by atoms with Crippen LogP contribution < -0.4 is 5.32 Å². The SMILES string of the molecule is CCc1ccccc1NC(=O)Cn1c(C2CC2)nc2ccccc21. The highest BCUT2D eigenvalue weighted by molar-refractivity contribution is 5.92. The quantitative estimate of drug-likeness (QED) is 0.769. The molecule has 0 radical (unpaired) electrons. The van der Waals surface area contributed by atoms with Crippen LogP contribution in [-0.4, -0.2) is 15.5 Å². The van der Waals surface area contributed by atoms with E-state index < -0.39 is 0 Å². The molecule has 2 aromatic carbocycles. The van der Waals surface area contributed by atoms with Gasteiger partial charge in [-0.3, -0.25) is 4.79 Å². The van der Waals surface area contributed by atoms with E-state index in [0.717, 1.165) is 34.5 Å². The molecular formula is C20H21N3O. The number of hydrogen-bond donors (Lipinski definition) is 1. The van der Waals surface area contributed by atoms with Crippen molar-refractivity contribution in [3.8, 4) is 0 Å². The number of aryl methyl sites for hydroxylation is 1. The van der Waals surface area contributed by atoms with Crippen molar-refractivity contribution in [2.75, 3.05) is 5.32 Å². The third kappa shape index (κ3) is 2.80. The van der Waals surface area contributed by atoms with Crippen LogP contribution in [0.25, 0.3) is 11.0 Å². The molecule has 0 aliphatic heterocycles. The lowest BCUT2D eigenvalue weighted by atomic mass is 10.1. The molecule has 4 nitrogen and oxygen atoms in total. The smallest absolute Gasteiger partial charge is 0.244 e. The highest BCUT2D eigenvalue weighted by atomic mass is 16.1. The van der Waals surface area contributed by atoms with Crippen LogP contribution in [0.4, 0.5) is 5.69 Å². The summed E-state index contributed by atoms with van der Waals surface area (Å²) in [6, 6.07) is 16.0. The van der Waals surface area contributed by atoms with Gasteiger partial charge in [0.05, 0.1) is 11.0 Å². The van der Waals surface area contributed by atoms with Gasteiger partial charge in [-0.25, -0.2) is 4.98 Å². The van der Waals surface area contributed by atoms with Crippen molar-refractivity contribution in [2.24, 2.45) is 0 Å². The predicted molar refractivity (Wildman–Crippen MR) is 96.2 cm³/mol. The van der Waals surface area contributed by atoms with Gasteiger partial charge in [-0.2, -0.15) is 0 Å². The Morgan fingerprint density at radius 1 is 1.17 bits per heavy atom. The first-order valence-electron chi connectivity index (χ1n) is 8.59. The fraction of sp³-hybridized carbons (Fsp3) is 0.300. The summed E-state index contributed by atoms with van der Waals surface area (Å²) in [5, 5.41) is 3.06. The Morgan fingerprint density at radius 3 is 2.71 bits per heavy atom. The lowest BCUT2D eigenvalue weighted by molar-refractivity contribution is -0.116. The molecule has 1 fully saturated rings. The molecular weight excluding hydrogens is 298 g/mol. The Hall–Kier alpha value is -2.62. The molecule has 0 unspecified atom stereocenters. The molecule has 0 atom stereocenters. The molecule has 0 saturated heterocycles. The minimum atomic E-state index is 0.000882. The fourth-order valence-corrected chi connectivity index (χ4v) is 3.20. The van der Waals surface area contributed by atoms with Crippen LogP contribution in [-0.2, 0) is 17.8 Å². The predicted octanol–water partition coefficient (Wildman–Crippen LogP) is 4.11. The summed E-state index contributed by atoms with van der Waals surface area (Å²) < 4.78 is 2.08. The van der Waals surface area contributed by atoms with Crippen LogP contribution in [0.2, 0.25) is 0 Å². The zero-order valence-electron chi connectivity index (χ0n) is 13.8. The van der Waals surface area contributed by atoms with Gasteiger partial charge in [0.25, 0.3) is 0 Å².